The SMILES string of the molecule is CCCCCCCC(c1ccccc1)C(CCCN)C(OC)(OC)OC. The fourth-order valence-electron chi connectivity index (χ4n) is 3.93. The van der Waals surface area contributed by atoms with E-state index in [9.17, 15) is 0 Å². The molecule has 4 heteroatoms. The quantitative estimate of drug-likeness (QED) is 0.348. The molecule has 2 unspecified atom stereocenters. The van der Waals surface area contributed by atoms with Crippen LogP contribution in [0.5, 0.6) is 0 Å². The minimum atomic E-state index is -1.04. The van der Waals surface area contributed by atoms with E-state index < -0.39 is 5.97 Å². The molecular formula is C22H39NO3. The zero-order valence-corrected chi connectivity index (χ0v) is 17.2. The monoisotopic (exact) mass is 365 g/mol. The topological polar surface area (TPSA) is 53.7 Å². The van der Waals surface area contributed by atoms with Gasteiger partial charge in [0, 0.05) is 27.2 Å². The van der Waals surface area contributed by atoms with E-state index in [4.69, 9.17) is 19.9 Å². The Bertz CT molecular complexity index is 440. The van der Waals surface area contributed by atoms with Crippen molar-refractivity contribution < 1.29 is 14.2 Å². The summed E-state index contributed by atoms with van der Waals surface area (Å²) in [6.07, 6.45) is 9.26. The lowest BCUT2D eigenvalue weighted by molar-refractivity contribution is -0.382. The van der Waals surface area contributed by atoms with Crippen molar-refractivity contribution in [2.24, 2.45) is 11.7 Å². The van der Waals surface area contributed by atoms with Gasteiger partial charge in [-0.05, 0) is 37.3 Å². The third-order valence-corrected chi connectivity index (χ3v) is 5.36. The molecule has 0 bridgehead atoms. The molecule has 0 aliphatic heterocycles. The first kappa shape index (κ1) is 23.1. The zero-order valence-electron chi connectivity index (χ0n) is 17.2. The molecule has 1 aromatic carbocycles. The first-order valence-corrected chi connectivity index (χ1v) is 10.1. The number of hydrogen-bond donors (Lipinski definition) is 1. The zero-order chi connectivity index (χ0) is 19.3. The van der Waals surface area contributed by atoms with E-state index >= 15 is 0 Å². The van der Waals surface area contributed by atoms with E-state index in [1.165, 1.54) is 37.7 Å². The Morgan fingerprint density at radius 1 is 0.846 bits per heavy atom. The van der Waals surface area contributed by atoms with E-state index in [1.54, 1.807) is 21.3 Å². The third-order valence-electron chi connectivity index (χ3n) is 5.36. The molecule has 0 aromatic heterocycles. The molecule has 0 fully saturated rings. The van der Waals surface area contributed by atoms with E-state index in [-0.39, 0.29) is 5.92 Å². The minimum Gasteiger partial charge on any atom is -0.331 e. The summed E-state index contributed by atoms with van der Waals surface area (Å²) in [5, 5.41) is 0. The van der Waals surface area contributed by atoms with Crippen molar-refractivity contribution in [2.75, 3.05) is 27.9 Å². The first-order chi connectivity index (χ1) is 12.7. The maximum atomic E-state index is 5.82. The Morgan fingerprint density at radius 2 is 1.46 bits per heavy atom. The molecule has 0 radical (unpaired) electrons. The molecule has 1 rings (SSSR count). The van der Waals surface area contributed by atoms with Gasteiger partial charge in [0.05, 0.1) is 0 Å². The number of methoxy groups -OCH3 is 3. The molecular weight excluding hydrogens is 326 g/mol. The van der Waals surface area contributed by atoms with Gasteiger partial charge in [0.1, 0.15) is 0 Å². The highest BCUT2D eigenvalue weighted by Gasteiger charge is 2.44. The van der Waals surface area contributed by atoms with Crippen molar-refractivity contribution in [1.29, 1.82) is 0 Å². The summed E-state index contributed by atoms with van der Waals surface area (Å²) in [4.78, 5) is 0. The number of nitrogens with two attached hydrogens (primary N) is 1. The van der Waals surface area contributed by atoms with E-state index in [0.29, 0.717) is 12.5 Å². The second-order valence-corrected chi connectivity index (χ2v) is 6.97. The number of ether oxygens (including phenoxy) is 3. The van der Waals surface area contributed by atoms with E-state index in [1.807, 2.05) is 0 Å². The van der Waals surface area contributed by atoms with Crippen LogP contribution in [-0.2, 0) is 14.2 Å². The highest BCUT2D eigenvalue weighted by molar-refractivity contribution is 5.21. The van der Waals surface area contributed by atoms with Gasteiger partial charge in [-0.2, -0.15) is 0 Å². The molecule has 4 nitrogen and oxygen atoms in total. The largest absolute Gasteiger partial charge is 0.331 e. The molecule has 0 heterocycles. The molecule has 0 saturated heterocycles. The predicted molar refractivity (Wildman–Crippen MR) is 108 cm³/mol. The predicted octanol–water partition coefficient (Wildman–Crippen LogP) is 5.08. The second-order valence-electron chi connectivity index (χ2n) is 6.97. The number of benzene rings is 1. The summed E-state index contributed by atoms with van der Waals surface area (Å²) in [7, 11) is 4.98. The molecule has 0 saturated carbocycles. The van der Waals surface area contributed by atoms with Crippen molar-refractivity contribution in [3.63, 3.8) is 0 Å². The van der Waals surface area contributed by atoms with Crippen LogP contribution < -0.4 is 5.73 Å². The van der Waals surface area contributed by atoms with Gasteiger partial charge in [-0.15, -0.1) is 0 Å². The smallest absolute Gasteiger partial charge is 0.285 e. The Balaban J connectivity index is 3.06. The Kier molecular flexibility index (Phi) is 11.8. The number of unbranched alkanes of at least 4 members (excludes halogenated alkanes) is 4. The van der Waals surface area contributed by atoms with Gasteiger partial charge in [0.25, 0.3) is 5.97 Å². The molecule has 0 spiro atoms. The molecule has 0 amide bonds. The summed E-state index contributed by atoms with van der Waals surface area (Å²) >= 11 is 0. The number of rotatable bonds is 15. The van der Waals surface area contributed by atoms with Crippen molar-refractivity contribution in [3.05, 3.63) is 35.9 Å². The third kappa shape index (κ3) is 6.66. The van der Waals surface area contributed by atoms with Gasteiger partial charge >= 0.3 is 0 Å². The van der Waals surface area contributed by atoms with Crippen molar-refractivity contribution in [1.82, 2.24) is 0 Å². The molecule has 2 atom stereocenters. The average molecular weight is 366 g/mol. The standard InChI is InChI=1S/C22H39NO3/c1-5-6-7-8-12-16-20(19-14-10-9-11-15-19)21(17-13-18-23)22(24-2,25-3)26-4/h9-11,14-15,20-21H,5-8,12-13,16-18,23H2,1-4H3. The van der Waals surface area contributed by atoms with Gasteiger partial charge in [0.2, 0.25) is 0 Å². The Morgan fingerprint density at radius 3 is 2.00 bits per heavy atom. The van der Waals surface area contributed by atoms with Crippen LogP contribution in [0.1, 0.15) is 69.8 Å². The molecule has 150 valence electrons. The molecule has 0 aliphatic rings. The average Bonchev–Trinajstić information content (AvgIpc) is 2.70. The van der Waals surface area contributed by atoms with Crippen LogP contribution in [0.25, 0.3) is 0 Å². The van der Waals surface area contributed by atoms with Crippen molar-refractivity contribution in [2.45, 2.75) is 70.2 Å². The van der Waals surface area contributed by atoms with Gasteiger partial charge in [-0.1, -0.05) is 69.4 Å². The van der Waals surface area contributed by atoms with Crippen LogP contribution in [0.3, 0.4) is 0 Å². The minimum absolute atomic E-state index is 0.0830. The lowest BCUT2D eigenvalue weighted by atomic mass is 9.78. The van der Waals surface area contributed by atoms with Crippen molar-refractivity contribution in [3.8, 4) is 0 Å². The Hall–Kier alpha value is -0.940. The first-order valence-electron chi connectivity index (χ1n) is 10.1. The summed E-state index contributed by atoms with van der Waals surface area (Å²) in [5.41, 5.74) is 7.14. The summed E-state index contributed by atoms with van der Waals surface area (Å²) in [6, 6.07) is 10.7. The maximum Gasteiger partial charge on any atom is 0.285 e. The number of hydrogen-bond acceptors (Lipinski definition) is 4. The van der Waals surface area contributed by atoms with E-state index in [0.717, 1.165) is 19.3 Å². The normalized spacial score (nSPS) is 14.3. The van der Waals surface area contributed by atoms with Crippen LogP contribution in [0, 0.1) is 5.92 Å². The molecule has 1 aromatic rings. The van der Waals surface area contributed by atoms with E-state index in [2.05, 4.69) is 37.3 Å². The van der Waals surface area contributed by atoms with Gasteiger partial charge in [0.15, 0.2) is 0 Å². The van der Waals surface area contributed by atoms with Crippen molar-refractivity contribution >= 4 is 0 Å². The fourth-order valence-corrected chi connectivity index (χ4v) is 3.93. The highest BCUT2D eigenvalue weighted by Crippen LogP contribution is 2.42. The molecule has 0 aliphatic carbocycles. The van der Waals surface area contributed by atoms with Crippen LogP contribution in [0.15, 0.2) is 30.3 Å². The van der Waals surface area contributed by atoms with Gasteiger partial charge in [-0.3, -0.25) is 0 Å². The summed E-state index contributed by atoms with van der Waals surface area (Å²) in [5.74, 6) is -0.650. The fraction of sp³-hybridized carbons (Fsp3) is 0.727. The highest BCUT2D eigenvalue weighted by atomic mass is 16.9. The van der Waals surface area contributed by atoms with Crippen LogP contribution in [-0.4, -0.2) is 33.8 Å². The lowest BCUT2D eigenvalue weighted by Crippen LogP contribution is -2.46. The summed E-state index contributed by atoms with van der Waals surface area (Å²) < 4.78 is 17.3. The van der Waals surface area contributed by atoms with Crippen LogP contribution in [0.2, 0.25) is 0 Å². The molecule has 2 N–H and O–H groups in total. The maximum absolute atomic E-state index is 5.82. The van der Waals surface area contributed by atoms with Crippen LogP contribution >= 0.6 is 0 Å². The van der Waals surface area contributed by atoms with Gasteiger partial charge < -0.3 is 19.9 Å². The summed E-state index contributed by atoms with van der Waals surface area (Å²) in [6.45, 7) is 2.90. The lowest BCUT2D eigenvalue weighted by Gasteiger charge is -2.41. The Labute approximate surface area is 160 Å². The van der Waals surface area contributed by atoms with Gasteiger partial charge in [-0.25, -0.2) is 0 Å². The second kappa shape index (κ2) is 13.3. The van der Waals surface area contributed by atoms with Crippen LogP contribution in [0.4, 0.5) is 0 Å². The molecule has 26 heavy (non-hydrogen) atoms.